The Morgan fingerprint density at radius 3 is 2.45 bits per heavy atom. The normalized spacial score (nSPS) is 36.8. The summed E-state index contributed by atoms with van der Waals surface area (Å²) in [6, 6.07) is 0.689. The van der Waals surface area contributed by atoms with E-state index in [0.717, 1.165) is 37.8 Å². The lowest BCUT2D eigenvalue weighted by Gasteiger charge is -2.45. The average Bonchev–Trinajstić information content (AvgIpc) is 2.42. The van der Waals surface area contributed by atoms with Gasteiger partial charge >= 0.3 is 5.97 Å². The molecule has 2 rings (SSSR count). The molecule has 4 atom stereocenters. The lowest BCUT2D eigenvalue weighted by atomic mass is 9.73. The van der Waals surface area contributed by atoms with Gasteiger partial charge in [-0.15, -0.1) is 0 Å². The highest BCUT2D eigenvalue weighted by Gasteiger charge is 2.41. The van der Waals surface area contributed by atoms with Crippen molar-refractivity contribution in [1.29, 1.82) is 0 Å². The zero-order chi connectivity index (χ0) is 14.9. The molecule has 1 aliphatic heterocycles. The van der Waals surface area contributed by atoms with Crippen LogP contribution in [-0.2, 0) is 4.79 Å². The molecule has 0 aromatic heterocycles. The van der Waals surface area contributed by atoms with Crippen LogP contribution in [0.15, 0.2) is 0 Å². The van der Waals surface area contributed by atoms with Gasteiger partial charge in [0.15, 0.2) is 0 Å². The number of hydrogen-bond donors (Lipinski definition) is 1. The largest absolute Gasteiger partial charge is 0.481 e. The average molecular weight is 281 g/mol. The van der Waals surface area contributed by atoms with E-state index in [2.05, 4.69) is 18.7 Å². The van der Waals surface area contributed by atoms with Crippen LogP contribution < -0.4 is 0 Å². The van der Waals surface area contributed by atoms with Crippen molar-refractivity contribution < 1.29 is 9.90 Å². The maximum Gasteiger partial charge on any atom is 0.309 e. The van der Waals surface area contributed by atoms with Crippen molar-refractivity contribution >= 4 is 5.97 Å². The van der Waals surface area contributed by atoms with Crippen LogP contribution in [0.25, 0.3) is 0 Å². The highest BCUT2D eigenvalue weighted by atomic mass is 16.4. The van der Waals surface area contributed by atoms with E-state index in [4.69, 9.17) is 0 Å². The summed E-state index contributed by atoms with van der Waals surface area (Å²) in [6.07, 6.45) is 6.14. The first-order valence-corrected chi connectivity index (χ1v) is 8.29. The van der Waals surface area contributed by atoms with Crippen LogP contribution in [0.4, 0.5) is 0 Å². The molecular formula is C17H31NO2. The summed E-state index contributed by atoms with van der Waals surface area (Å²) < 4.78 is 0. The number of carbonyl (C=O) groups is 1. The van der Waals surface area contributed by atoms with Gasteiger partial charge < -0.3 is 10.0 Å². The van der Waals surface area contributed by atoms with E-state index in [9.17, 15) is 9.90 Å². The van der Waals surface area contributed by atoms with Gasteiger partial charge in [-0.1, -0.05) is 13.8 Å². The zero-order valence-corrected chi connectivity index (χ0v) is 13.6. The fraction of sp³-hybridized carbons (Fsp3) is 0.941. The summed E-state index contributed by atoms with van der Waals surface area (Å²) in [5.41, 5.74) is -0.591. The number of likely N-dealkylation sites (tertiary alicyclic amines) is 1. The van der Waals surface area contributed by atoms with Crippen molar-refractivity contribution in [3.05, 3.63) is 0 Å². The summed E-state index contributed by atoms with van der Waals surface area (Å²) in [5, 5.41) is 9.45. The van der Waals surface area contributed by atoms with Gasteiger partial charge in [0.25, 0.3) is 0 Å². The predicted molar refractivity (Wildman–Crippen MR) is 81.7 cm³/mol. The summed E-state index contributed by atoms with van der Waals surface area (Å²) >= 11 is 0. The molecule has 0 amide bonds. The topological polar surface area (TPSA) is 40.5 Å². The minimum absolute atomic E-state index is 0.295. The van der Waals surface area contributed by atoms with E-state index in [1.54, 1.807) is 0 Å². The minimum atomic E-state index is -0.644. The van der Waals surface area contributed by atoms with E-state index in [1.807, 2.05) is 13.8 Å². The standard InChI is InChI=1S/C17H31NO2/c1-12-7-8-15(10-13(12)2)18-9-5-6-14(11-18)17(3,4)16(19)20/h12-15H,5-11H2,1-4H3,(H,19,20). The maximum atomic E-state index is 11.5. The van der Waals surface area contributed by atoms with Crippen molar-refractivity contribution in [3.63, 3.8) is 0 Å². The Labute approximate surface area is 123 Å². The fourth-order valence-electron chi connectivity index (χ4n) is 3.95. The van der Waals surface area contributed by atoms with Gasteiger partial charge in [-0.25, -0.2) is 0 Å². The molecule has 20 heavy (non-hydrogen) atoms. The third-order valence-electron chi connectivity index (χ3n) is 6.11. The molecule has 2 fully saturated rings. The van der Waals surface area contributed by atoms with Crippen LogP contribution >= 0.6 is 0 Å². The molecule has 3 nitrogen and oxygen atoms in total. The number of carboxylic acid groups (broad SMARTS) is 1. The van der Waals surface area contributed by atoms with Gasteiger partial charge in [0, 0.05) is 12.6 Å². The van der Waals surface area contributed by atoms with Crippen LogP contribution in [-0.4, -0.2) is 35.1 Å². The molecule has 0 bridgehead atoms. The monoisotopic (exact) mass is 281 g/mol. The molecular weight excluding hydrogens is 250 g/mol. The quantitative estimate of drug-likeness (QED) is 0.858. The van der Waals surface area contributed by atoms with Crippen molar-refractivity contribution in [2.45, 2.75) is 65.8 Å². The second kappa shape index (κ2) is 6.05. The van der Waals surface area contributed by atoms with Gasteiger partial charge in [0.2, 0.25) is 0 Å². The molecule has 1 heterocycles. The van der Waals surface area contributed by atoms with Crippen molar-refractivity contribution in [2.24, 2.45) is 23.2 Å². The Bertz CT molecular complexity index is 353. The van der Waals surface area contributed by atoms with E-state index in [-0.39, 0.29) is 0 Å². The second-order valence-corrected chi connectivity index (χ2v) is 7.78. The predicted octanol–water partition coefficient (Wildman–Crippen LogP) is 3.63. The lowest BCUT2D eigenvalue weighted by Crippen LogP contribution is -2.49. The van der Waals surface area contributed by atoms with Crippen LogP contribution in [0.5, 0.6) is 0 Å². The summed E-state index contributed by atoms with van der Waals surface area (Å²) in [4.78, 5) is 14.1. The highest BCUT2D eigenvalue weighted by Crippen LogP contribution is 2.38. The highest BCUT2D eigenvalue weighted by molar-refractivity contribution is 5.74. The Morgan fingerprint density at radius 1 is 1.15 bits per heavy atom. The lowest BCUT2D eigenvalue weighted by molar-refractivity contribution is -0.151. The first-order valence-electron chi connectivity index (χ1n) is 8.29. The molecule has 1 saturated heterocycles. The molecule has 0 radical (unpaired) electrons. The third-order valence-corrected chi connectivity index (χ3v) is 6.11. The summed E-state index contributed by atoms with van der Waals surface area (Å²) in [6.45, 7) is 10.7. The third kappa shape index (κ3) is 3.19. The van der Waals surface area contributed by atoms with E-state index in [1.165, 1.54) is 19.3 Å². The Kier molecular flexibility index (Phi) is 4.78. The first kappa shape index (κ1) is 15.8. The molecule has 0 aromatic carbocycles. The summed E-state index contributed by atoms with van der Waals surface area (Å²) in [5.74, 6) is 1.31. The molecule has 1 N–H and O–H groups in total. The van der Waals surface area contributed by atoms with Crippen molar-refractivity contribution in [3.8, 4) is 0 Å². The smallest absolute Gasteiger partial charge is 0.309 e. The Balaban J connectivity index is 1.99. The van der Waals surface area contributed by atoms with Crippen molar-refractivity contribution in [1.82, 2.24) is 4.90 Å². The number of nitrogens with zero attached hydrogens (tertiary/aromatic N) is 1. The van der Waals surface area contributed by atoms with Crippen molar-refractivity contribution in [2.75, 3.05) is 13.1 Å². The Morgan fingerprint density at radius 2 is 1.85 bits per heavy atom. The van der Waals surface area contributed by atoms with Gasteiger partial charge in [0.05, 0.1) is 5.41 Å². The molecule has 1 aliphatic carbocycles. The van der Waals surface area contributed by atoms with Gasteiger partial charge in [0.1, 0.15) is 0 Å². The number of rotatable bonds is 3. The molecule has 3 heteroatoms. The SMILES string of the molecule is CC1CCC(N2CCCC(C(C)(C)C(=O)O)C2)CC1C. The molecule has 2 aliphatic rings. The molecule has 0 spiro atoms. The van der Waals surface area contributed by atoms with Crippen LogP contribution in [0.3, 0.4) is 0 Å². The number of carboxylic acids is 1. The van der Waals surface area contributed by atoms with Crippen LogP contribution in [0, 0.1) is 23.2 Å². The minimum Gasteiger partial charge on any atom is -0.481 e. The van der Waals surface area contributed by atoms with E-state index >= 15 is 0 Å². The van der Waals surface area contributed by atoms with Gasteiger partial charge in [-0.2, -0.15) is 0 Å². The number of piperidine rings is 1. The zero-order valence-electron chi connectivity index (χ0n) is 13.6. The molecule has 4 unspecified atom stereocenters. The summed E-state index contributed by atoms with van der Waals surface area (Å²) in [7, 11) is 0. The first-order chi connectivity index (χ1) is 9.32. The van der Waals surface area contributed by atoms with Gasteiger partial charge in [-0.05, 0) is 70.3 Å². The van der Waals surface area contributed by atoms with Gasteiger partial charge in [-0.3, -0.25) is 4.79 Å². The molecule has 0 aromatic rings. The number of aliphatic carboxylic acids is 1. The molecule has 116 valence electrons. The maximum absolute atomic E-state index is 11.5. The second-order valence-electron chi connectivity index (χ2n) is 7.78. The van der Waals surface area contributed by atoms with E-state index in [0.29, 0.717) is 12.0 Å². The van der Waals surface area contributed by atoms with Crippen LogP contribution in [0.2, 0.25) is 0 Å². The fourth-order valence-corrected chi connectivity index (χ4v) is 3.95. The van der Waals surface area contributed by atoms with Crippen LogP contribution in [0.1, 0.15) is 59.8 Å². The Hall–Kier alpha value is -0.570. The molecule has 1 saturated carbocycles. The van der Waals surface area contributed by atoms with E-state index < -0.39 is 11.4 Å². The number of hydrogen-bond acceptors (Lipinski definition) is 2.